The van der Waals surface area contributed by atoms with Crippen LogP contribution < -0.4 is 15.3 Å². The molecule has 1 aliphatic heterocycles. The van der Waals surface area contributed by atoms with Crippen LogP contribution in [0.1, 0.15) is 19.4 Å². The Morgan fingerprint density at radius 3 is 2.70 bits per heavy atom. The van der Waals surface area contributed by atoms with E-state index in [2.05, 4.69) is 9.88 Å². The summed E-state index contributed by atoms with van der Waals surface area (Å²) >= 11 is 0. The number of hydrogen-bond acceptors (Lipinski definition) is 4. The fraction of sp³-hybridized carbons (Fsp3) is 0.375. The van der Waals surface area contributed by atoms with Crippen LogP contribution in [0.4, 0.5) is 14.6 Å². The normalized spacial score (nSPS) is 13.5. The van der Waals surface area contributed by atoms with Gasteiger partial charge in [0.25, 0.3) is 0 Å². The number of ether oxygens (including phenoxy) is 1. The summed E-state index contributed by atoms with van der Waals surface area (Å²) < 4.78 is 33.2. The SMILES string of the molecule is CC(C)N1CCn2c1cc(OCc1ccc(F)c(F)c1)nc2=O. The van der Waals surface area contributed by atoms with Crippen molar-refractivity contribution in [1.29, 1.82) is 0 Å². The number of fused-ring (bicyclic) bond motifs is 1. The Morgan fingerprint density at radius 2 is 2.00 bits per heavy atom. The minimum Gasteiger partial charge on any atom is -0.473 e. The van der Waals surface area contributed by atoms with E-state index in [0.717, 1.165) is 24.5 Å². The molecule has 0 radical (unpaired) electrons. The molecule has 122 valence electrons. The number of halogens is 2. The van der Waals surface area contributed by atoms with Gasteiger partial charge in [0.1, 0.15) is 12.4 Å². The van der Waals surface area contributed by atoms with Crippen LogP contribution in [-0.2, 0) is 13.2 Å². The second-order valence-electron chi connectivity index (χ2n) is 5.71. The molecule has 23 heavy (non-hydrogen) atoms. The number of aromatic nitrogens is 2. The van der Waals surface area contributed by atoms with Gasteiger partial charge in [0.05, 0.1) is 0 Å². The first-order valence-electron chi connectivity index (χ1n) is 7.41. The van der Waals surface area contributed by atoms with Crippen molar-refractivity contribution in [3.63, 3.8) is 0 Å². The molecule has 2 aromatic rings. The Labute approximate surface area is 132 Å². The topological polar surface area (TPSA) is 47.4 Å². The number of anilines is 1. The maximum absolute atomic E-state index is 13.2. The average molecular weight is 321 g/mol. The van der Waals surface area contributed by atoms with Gasteiger partial charge < -0.3 is 9.64 Å². The highest BCUT2D eigenvalue weighted by molar-refractivity contribution is 5.46. The van der Waals surface area contributed by atoms with Crippen LogP contribution in [0.3, 0.4) is 0 Å². The highest BCUT2D eigenvalue weighted by Crippen LogP contribution is 2.24. The molecule has 0 N–H and O–H groups in total. The van der Waals surface area contributed by atoms with E-state index in [4.69, 9.17) is 4.74 Å². The highest BCUT2D eigenvalue weighted by Gasteiger charge is 2.23. The zero-order valence-electron chi connectivity index (χ0n) is 12.9. The van der Waals surface area contributed by atoms with Crippen LogP contribution in [0.25, 0.3) is 0 Å². The van der Waals surface area contributed by atoms with Crippen molar-refractivity contribution in [1.82, 2.24) is 9.55 Å². The maximum atomic E-state index is 13.2. The molecule has 0 aliphatic carbocycles. The van der Waals surface area contributed by atoms with E-state index < -0.39 is 11.6 Å². The summed E-state index contributed by atoms with van der Waals surface area (Å²) in [5.74, 6) is -0.895. The van der Waals surface area contributed by atoms with Crippen molar-refractivity contribution in [2.45, 2.75) is 33.0 Å². The monoisotopic (exact) mass is 321 g/mol. The van der Waals surface area contributed by atoms with E-state index in [1.165, 1.54) is 6.07 Å². The molecular weight excluding hydrogens is 304 g/mol. The Bertz CT molecular complexity index is 789. The van der Waals surface area contributed by atoms with Gasteiger partial charge in [-0.2, -0.15) is 4.98 Å². The van der Waals surface area contributed by atoms with Crippen molar-refractivity contribution in [3.8, 4) is 5.88 Å². The van der Waals surface area contributed by atoms with E-state index in [9.17, 15) is 13.6 Å². The number of rotatable bonds is 4. The molecule has 2 heterocycles. The van der Waals surface area contributed by atoms with Crippen molar-refractivity contribution in [3.05, 3.63) is 51.9 Å². The largest absolute Gasteiger partial charge is 0.473 e. The number of nitrogens with zero attached hydrogens (tertiary/aromatic N) is 3. The molecule has 0 fully saturated rings. The van der Waals surface area contributed by atoms with Gasteiger partial charge in [-0.3, -0.25) is 4.57 Å². The van der Waals surface area contributed by atoms with Gasteiger partial charge in [-0.15, -0.1) is 0 Å². The maximum Gasteiger partial charge on any atom is 0.352 e. The lowest BCUT2D eigenvalue weighted by molar-refractivity contribution is 0.290. The third-order valence-corrected chi connectivity index (χ3v) is 3.82. The van der Waals surface area contributed by atoms with Crippen LogP contribution in [0.2, 0.25) is 0 Å². The third-order valence-electron chi connectivity index (χ3n) is 3.82. The summed E-state index contributed by atoms with van der Waals surface area (Å²) in [4.78, 5) is 18.0. The second kappa shape index (κ2) is 5.98. The van der Waals surface area contributed by atoms with E-state index >= 15 is 0 Å². The summed E-state index contributed by atoms with van der Waals surface area (Å²) in [6.07, 6.45) is 0. The summed E-state index contributed by atoms with van der Waals surface area (Å²) in [6, 6.07) is 5.49. The molecule has 3 rings (SSSR count). The molecule has 0 unspecified atom stereocenters. The van der Waals surface area contributed by atoms with E-state index in [1.807, 2.05) is 13.8 Å². The molecule has 1 aromatic heterocycles. The molecule has 5 nitrogen and oxygen atoms in total. The first-order valence-corrected chi connectivity index (χ1v) is 7.41. The molecule has 7 heteroatoms. The van der Waals surface area contributed by atoms with Crippen molar-refractivity contribution in [2.75, 3.05) is 11.4 Å². The van der Waals surface area contributed by atoms with Gasteiger partial charge in [-0.1, -0.05) is 6.07 Å². The van der Waals surface area contributed by atoms with Crippen LogP contribution >= 0.6 is 0 Å². The molecule has 0 saturated heterocycles. The lowest BCUT2D eigenvalue weighted by atomic mass is 10.2. The molecule has 0 bridgehead atoms. The molecule has 0 spiro atoms. The van der Waals surface area contributed by atoms with E-state index in [1.54, 1.807) is 10.6 Å². The smallest absolute Gasteiger partial charge is 0.352 e. The molecule has 0 amide bonds. The van der Waals surface area contributed by atoms with E-state index in [-0.39, 0.29) is 24.2 Å². The molecule has 1 aromatic carbocycles. The Kier molecular flexibility index (Phi) is 4.02. The lowest BCUT2D eigenvalue weighted by Crippen LogP contribution is -2.29. The minimum atomic E-state index is -0.931. The standard InChI is InChI=1S/C16H17F2N3O2/c1-10(2)20-5-6-21-15(20)8-14(19-16(21)22)23-9-11-3-4-12(17)13(18)7-11/h3-4,7-8,10H,5-6,9H2,1-2H3. The fourth-order valence-corrected chi connectivity index (χ4v) is 2.63. The summed E-state index contributed by atoms with van der Waals surface area (Å²) in [7, 11) is 0. The molecule has 0 atom stereocenters. The quantitative estimate of drug-likeness (QED) is 0.867. The van der Waals surface area contributed by atoms with Gasteiger partial charge in [0.15, 0.2) is 11.6 Å². The van der Waals surface area contributed by atoms with Crippen LogP contribution in [0.5, 0.6) is 5.88 Å². The van der Waals surface area contributed by atoms with Crippen LogP contribution in [0, 0.1) is 11.6 Å². The Balaban J connectivity index is 1.81. The van der Waals surface area contributed by atoms with Crippen molar-refractivity contribution in [2.24, 2.45) is 0 Å². The van der Waals surface area contributed by atoms with Crippen LogP contribution in [-0.4, -0.2) is 22.1 Å². The van der Waals surface area contributed by atoms with E-state index in [0.29, 0.717) is 12.1 Å². The number of hydrogen-bond donors (Lipinski definition) is 0. The van der Waals surface area contributed by atoms with Gasteiger partial charge in [-0.05, 0) is 31.5 Å². The Morgan fingerprint density at radius 1 is 1.22 bits per heavy atom. The van der Waals surface area contributed by atoms with Gasteiger partial charge in [-0.25, -0.2) is 13.6 Å². The van der Waals surface area contributed by atoms with Gasteiger partial charge in [0, 0.05) is 25.2 Å². The van der Waals surface area contributed by atoms with Gasteiger partial charge in [0.2, 0.25) is 5.88 Å². The van der Waals surface area contributed by atoms with Crippen molar-refractivity contribution < 1.29 is 13.5 Å². The Hall–Kier alpha value is -2.44. The predicted molar refractivity (Wildman–Crippen MR) is 81.7 cm³/mol. The zero-order chi connectivity index (χ0) is 16.6. The zero-order valence-corrected chi connectivity index (χ0v) is 12.9. The first-order chi connectivity index (χ1) is 11.0. The summed E-state index contributed by atoms with van der Waals surface area (Å²) in [5, 5.41) is 0. The molecule has 0 saturated carbocycles. The molecular formula is C16H17F2N3O2. The molecule has 1 aliphatic rings. The summed E-state index contributed by atoms with van der Waals surface area (Å²) in [6.45, 7) is 5.45. The van der Waals surface area contributed by atoms with Crippen molar-refractivity contribution >= 4 is 5.82 Å². The lowest BCUT2D eigenvalue weighted by Gasteiger charge is -2.22. The highest BCUT2D eigenvalue weighted by atomic mass is 19.2. The minimum absolute atomic E-state index is 0.00870. The average Bonchev–Trinajstić information content (AvgIpc) is 2.93. The fourth-order valence-electron chi connectivity index (χ4n) is 2.63. The first kappa shape index (κ1) is 15.5. The second-order valence-corrected chi connectivity index (χ2v) is 5.71. The van der Waals surface area contributed by atoms with Gasteiger partial charge >= 0.3 is 5.69 Å². The number of benzene rings is 1. The third kappa shape index (κ3) is 3.04. The summed E-state index contributed by atoms with van der Waals surface area (Å²) in [5.41, 5.74) is 0.0953. The predicted octanol–water partition coefficient (Wildman–Crippen LogP) is 2.33. The van der Waals surface area contributed by atoms with Crippen LogP contribution in [0.15, 0.2) is 29.1 Å².